The zero-order valence-electron chi connectivity index (χ0n) is 14.8. The minimum absolute atomic E-state index is 0.106. The molecule has 0 aliphatic carbocycles. The van der Waals surface area contributed by atoms with Crippen molar-refractivity contribution in [2.24, 2.45) is 5.92 Å². The lowest BCUT2D eigenvalue weighted by Crippen LogP contribution is -2.41. The van der Waals surface area contributed by atoms with Gasteiger partial charge >= 0.3 is 0 Å². The second-order valence-electron chi connectivity index (χ2n) is 6.48. The highest BCUT2D eigenvalue weighted by Gasteiger charge is 2.17. The Labute approximate surface area is 149 Å². The van der Waals surface area contributed by atoms with Crippen LogP contribution in [0, 0.1) is 5.92 Å². The maximum absolute atomic E-state index is 12.3. The van der Waals surface area contributed by atoms with Crippen molar-refractivity contribution in [2.45, 2.75) is 18.7 Å². The van der Waals surface area contributed by atoms with Gasteiger partial charge in [0, 0.05) is 38.3 Å². The third kappa shape index (κ3) is 6.39. The molecule has 1 heterocycles. The summed E-state index contributed by atoms with van der Waals surface area (Å²) in [5.74, 6) is -0.0596. The van der Waals surface area contributed by atoms with Gasteiger partial charge < -0.3 is 10.1 Å². The van der Waals surface area contributed by atoms with Crippen LogP contribution in [0.25, 0.3) is 0 Å². The van der Waals surface area contributed by atoms with Crippen molar-refractivity contribution < 1.29 is 17.9 Å². The largest absolute Gasteiger partial charge is 0.379 e. The molecule has 7 nitrogen and oxygen atoms in total. The van der Waals surface area contributed by atoms with Crippen LogP contribution >= 0.6 is 0 Å². The normalized spacial score (nSPS) is 16.1. The van der Waals surface area contributed by atoms with Crippen LogP contribution in [0.3, 0.4) is 0 Å². The van der Waals surface area contributed by atoms with Gasteiger partial charge in [0.15, 0.2) is 0 Å². The van der Waals surface area contributed by atoms with Gasteiger partial charge in [0.25, 0.3) is 5.91 Å². The summed E-state index contributed by atoms with van der Waals surface area (Å²) in [7, 11) is -3.60. The van der Waals surface area contributed by atoms with Gasteiger partial charge in [-0.3, -0.25) is 9.69 Å². The molecule has 2 N–H and O–H groups in total. The Balaban J connectivity index is 1.91. The molecule has 0 spiro atoms. The van der Waals surface area contributed by atoms with E-state index in [1.807, 2.05) is 13.8 Å². The van der Waals surface area contributed by atoms with Crippen LogP contribution in [0.4, 0.5) is 0 Å². The molecule has 0 bridgehead atoms. The summed E-state index contributed by atoms with van der Waals surface area (Å²) in [6, 6.07) is 6.10. The van der Waals surface area contributed by atoms with Crippen molar-refractivity contribution >= 4 is 15.9 Å². The highest BCUT2D eigenvalue weighted by molar-refractivity contribution is 7.89. The smallest absolute Gasteiger partial charge is 0.251 e. The maximum atomic E-state index is 12.3. The van der Waals surface area contributed by atoms with Crippen LogP contribution in [0.15, 0.2) is 29.2 Å². The van der Waals surface area contributed by atoms with Crippen LogP contribution in [0.1, 0.15) is 24.2 Å². The van der Waals surface area contributed by atoms with Gasteiger partial charge in [-0.1, -0.05) is 19.9 Å². The molecule has 0 saturated carbocycles. The Morgan fingerprint density at radius 3 is 2.68 bits per heavy atom. The van der Waals surface area contributed by atoms with Crippen molar-refractivity contribution in [2.75, 3.05) is 45.9 Å². The number of morpholine rings is 1. The number of ether oxygens (including phenoxy) is 1. The average molecular weight is 369 g/mol. The van der Waals surface area contributed by atoms with Gasteiger partial charge in [0.2, 0.25) is 10.0 Å². The number of hydrogen-bond acceptors (Lipinski definition) is 5. The van der Waals surface area contributed by atoms with Crippen LogP contribution < -0.4 is 10.0 Å². The molecule has 1 fully saturated rings. The van der Waals surface area contributed by atoms with E-state index in [0.717, 1.165) is 32.8 Å². The summed E-state index contributed by atoms with van der Waals surface area (Å²) in [6.45, 7) is 8.66. The Bertz CT molecular complexity index is 670. The first kappa shape index (κ1) is 19.8. The van der Waals surface area contributed by atoms with Gasteiger partial charge in [0.1, 0.15) is 0 Å². The molecule has 1 aromatic rings. The Morgan fingerprint density at radius 2 is 2.00 bits per heavy atom. The fourth-order valence-electron chi connectivity index (χ4n) is 2.42. The number of carbonyl (C=O) groups excluding carboxylic acids is 1. The summed E-state index contributed by atoms with van der Waals surface area (Å²) in [4.78, 5) is 14.6. The quantitative estimate of drug-likeness (QED) is 0.704. The van der Waals surface area contributed by atoms with E-state index in [9.17, 15) is 13.2 Å². The van der Waals surface area contributed by atoms with Crippen LogP contribution in [-0.4, -0.2) is 65.2 Å². The number of rotatable bonds is 8. The predicted octanol–water partition coefficient (Wildman–Crippen LogP) is 0.683. The highest BCUT2D eigenvalue weighted by atomic mass is 32.2. The van der Waals surface area contributed by atoms with E-state index in [4.69, 9.17) is 4.74 Å². The number of nitrogens with one attached hydrogen (secondary N) is 2. The minimum atomic E-state index is -3.60. The fourth-order valence-corrected chi connectivity index (χ4v) is 3.68. The molecule has 25 heavy (non-hydrogen) atoms. The lowest BCUT2D eigenvalue weighted by Gasteiger charge is -2.26. The number of nitrogens with zero attached hydrogens (tertiary/aromatic N) is 1. The Kier molecular flexibility index (Phi) is 7.37. The van der Waals surface area contributed by atoms with Gasteiger partial charge in [-0.25, -0.2) is 13.1 Å². The third-order valence-corrected chi connectivity index (χ3v) is 5.33. The number of sulfonamides is 1. The predicted molar refractivity (Wildman–Crippen MR) is 96.1 cm³/mol. The molecule has 1 aliphatic heterocycles. The van der Waals surface area contributed by atoms with E-state index in [1.165, 1.54) is 12.1 Å². The SMILES string of the molecule is CC(C)CNS(=O)(=O)c1cccc(C(=O)NCCN2CCOCC2)c1. The van der Waals surface area contributed by atoms with Gasteiger partial charge in [-0.2, -0.15) is 0 Å². The van der Waals surface area contributed by atoms with E-state index >= 15 is 0 Å². The van der Waals surface area contributed by atoms with E-state index < -0.39 is 10.0 Å². The van der Waals surface area contributed by atoms with Gasteiger partial charge in [-0.15, -0.1) is 0 Å². The molecule has 2 rings (SSSR count). The summed E-state index contributed by atoms with van der Waals surface area (Å²) in [5.41, 5.74) is 0.342. The topological polar surface area (TPSA) is 87.7 Å². The standard InChI is InChI=1S/C17H27N3O4S/c1-14(2)13-19-25(22,23)16-5-3-4-15(12-16)17(21)18-6-7-20-8-10-24-11-9-20/h3-5,12,14,19H,6-11,13H2,1-2H3,(H,18,21). The van der Waals surface area contributed by atoms with Crippen molar-refractivity contribution in [1.29, 1.82) is 0 Å². The van der Waals surface area contributed by atoms with Gasteiger partial charge in [-0.05, 0) is 24.1 Å². The summed E-state index contributed by atoms with van der Waals surface area (Å²) in [5, 5.41) is 2.84. The number of benzene rings is 1. The Hall–Kier alpha value is -1.48. The molecule has 0 unspecified atom stereocenters. The monoisotopic (exact) mass is 369 g/mol. The van der Waals surface area contributed by atoms with Crippen molar-refractivity contribution in [3.8, 4) is 0 Å². The van der Waals surface area contributed by atoms with Gasteiger partial charge in [0.05, 0.1) is 18.1 Å². The third-order valence-electron chi connectivity index (χ3n) is 3.91. The molecule has 0 radical (unpaired) electrons. The first-order chi connectivity index (χ1) is 11.9. The zero-order chi connectivity index (χ0) is 18.3. The molecular formula is C17H27N3O4S. The molecule has 1 aromatic carbocycles. The maximum Gasteiger partial charge on any atom is 0.251 e. The molecular weight excluding hydrogens is 342 g/mol. The molecule has 1 amide bonds. The second-order valence-corrected chi connectivity index (χ2v) is 8.25. The lowest BCUT2D eigenvalue weighted by atomic mass is 10.2. The van der Waals surface area contributed by atoms with Crippen LogP contribution in [0.2, 0.25) is 0 Å². The number of carbonyl (C=O) groups is 1. The van der Waals surface area contributed by atoms with Crippen LogP contribution in [0.5, 0.6) is 0 Å². The highest BCUT2D eigenvalue weighted by Crippen LogP contribution is 2.12. The number of amides is 1. The average Bonchev–Trinajstić information content (AvgIpc) is 2.61. The number of hydrogen-bond donors (Lipinski definition) is 2. The first-order valence-electron chi connectivity index (χ1n) is 8.56. The molecule has 140 valence electrons. The molecule has 1 aliphatic rings. The van der Waals surface area contributed by atoms with Crippen molar-refractivity contribution in [1.82, 2.24) is 14.9 Å². The second kappa shape index (κ2) is 9.28. The van der Waals surface area contributed by atoms with Crippen molar-refractivity contribution in [3.05, 3.63) is 29.8 Å². The van der Waals surface area contributed by atoms with E-state index in [1.54, 1.807) is 12.1 Å². The fraction of sp³-hybridized carbons (Fsp3) is 0.588. The van der Waals surface area contributed by atoms with E-state index in [0.29, 0.717) is 18.7 Å². The van der Waals surface area contributed by atoms with E-state index in [-0.39, 0.29) is 16.7 Å². The molecule has 0 atom stereocenters. The van der Waals surface area contributed by atoms with Crippen molar-refractivity contribution in [3.63, 3.8) is 0 Å². The molecule has 0 aromatic heterocycles. The molecule has 1 saturated heterocycles. The van der Waals surface area contributed by atoms with E-state index in [2.05, 4.69) is 14.9 Å². The first-order valence-corrected chi connectivity index (χ1v) is 10.0. The molecule has 8 heteroatoms. The zero-order valence-corrected chi connectivity index (χ0v) is 15.6. The lowest BCUT2D eigenvalue weighted by molar-refractivity contribution is 0.0383. The van der Waals surface area contributed by atoms with Crippen LogP contribution in [-0.2, 0) is 14.8 Å². The Morgan fingerprint density at radius 1 is 1.28 bits per heavy atom. The summed E-state index contributed by atoms with van der Waals surface area (Å²) < 4.78 is 32.4. The summed E-state index contributed by atoms with van der Waals surface area (Å²) >= 11 is 0. The summed E-state index contributed by atoms with van der Waals surface area (Å²) in [6.07, 6.45) is 0. The minimum Gasteiger partial charge on any atom is -0.379 e.